The van der Waals surface area contributed by atoms with Gasteiger partial charge in [0.2, 0.25) is 0 Å². The van der Waals surface area contributed by atoms with Crippen molar-refractivity contribution in [1.82, 2.24) is 14.9 Å². The molecule has 3 aromatic rings. The Morgan fingerprint density at radius 1 is 0.970 bits per heavy atom. The molecule has 0 saturated carbocycles. The fourth-order valence-electron chi connectivity index (χ4n) is 3.36. The van der Waals surface area contributed by atoms with Crippen molar-refractivity contribution in [2.24, 2.45) is 0 Å². The van der Waals surface area contributed by atoms with Crippen LogP contribution in [0.4, 0.5) is 23.7 Å². The highest BCUT2D eigenvalue weighted by Gasteiger charge is 2.47. The minimum atomic E-state index is -5.54. The number of amides is 3. The highest BCUT2D eigenvalue weighted by molar-refractivity contribution is 7.92. The number of aromatic nitrogens is 2. The van der Waals surface area contributed by atoms with Gasteiger partial charge in [0.1, 0.15) is 6.54 Å². The summed E-state index contributed by atoms with van der Waals surface area (Å²) in [7, 11) is -5.54. The standard InChI is InChI=1S/C21H15F3N4O4S/c22-21(23,24)33(31,32)16-6-4-15(5-7-16)28-19(29)13-27(20(28)30)12-14-8-10-25-11-17(14)18-3-1-2-9-26-18/h1-11H,12-13H2. The number of benzene rings is 1. The molecule has 0 unspecified atom stereocenters. The number of pyridine rings is 2. The number of sulfone groups is 1. The number of imide groups is 1. The van der Waals surface area contributed by atoms with Gasteiger partial charge in [-0.15, -0.1) is 0 Å². The number of halogens is 3. The normalized spacial score (nSPS) is 14.8. The van der Waals surface area contributed by atoms with E-state index in [0.29, 0.717) is 29.0 Å². The zero-order chi connectivity index (χ0) is 23.8. The van der Waals surface area contributed by atoms with Crippen molar-refractivity contribution in [2.45, 2.75) is 16.9 Å². The van der Waals surface area contributed by atoms with E-state index in [-0.39, 0.29) is 18.8 Å². The number of carbonyl (C=O) groups excluding carboxylic acids is 2. The SMILES string of the molecule is O=C1CN(Cc2ccncc2-c2ccccn2)C(=O)N1c1ccc(S(=O)(=O)C(F)(F)F)cc1. The predicted molar refractivity (Wildman–Crippen MR) is 110 cm³/mol. The fourth-order valence-corrected chi connectivity index (χ4v) is 4.12. The Hall–Kier alpha value is -3.80. The van der Waals surface area contributed by atoms with E-state index in [2.05, 4.69) is 9.97 Å². The topological polar surface area (TPSA) is 101 Å². The Morgan fingerprint density at radius 2 is 1.70 bits per heavy atom. The van der Waals surface area contributed by atoms with Crippen LogP contribution in [-0.4, -0.2) is 47.3 Å². The second kappa shape index (κ2) is 8.28. The molecular weight excluding hydrogens is 461 g/mol. The molecular formula is C21H15F3N4O4S. The second-order valence-corrected chi connectivity index (χ2v) is 9.00. The average molecular weight is 476 g/mol. The molecule has 1 fully saturated rings. The van der Waals surface area contributed by atoms with Crippen LogP contribution in [0.5, 0.6) is 0 Å². The number of urea groups is 1. The Balaban J connectivity index is 1.58. The van der Waals surface area contributed by atoms with Gasteiger partial charge in [-0.25, -0.2) is 18.1 Å². The molecule has 8 nitrogen and oxygen atoms in total. The van der Waals surface area contributed by atoms with E-state index >= 15 is 0 Å². The van der Waals surface area contributed by atoms with E-state index in [1.165, 1.54) is 4.90 Å². The molecule has 3 heterocycles. The maximum atomic E-state index is 12.9. The lowest BCUT2D eigenvalue weighted by molar-refractivity contribution is -0.116. The summed E-state index contributed by atoms with van der Waals surface area (Å²) in [6, 6.07) is 9.75. The van der Waals surface area contributed by atoms with Crippen LogP contribution in [0.2, 0.25) is 0 Å². The maximum Gasteiger partial charge on any atom is 0.501 e. The van der Waals surface area contributed by atoms with Crippen LogP contribution in [0, 0.1) is 0 Å². The number of hydrogen-bond acceptors (Lipinski definition) is 6. The summed E-state index contributed by atoms with van der Waals surface area (Å²) in [4.78, 5) is 34.9. The van der Waals surface area contributed by atoms with Crippen LogP contribution in [-0.2, 0) is 21.2 Å². The van der Waals surface area contributed by atoms with Crippen molar-refractivity contribution < 1.29 is 31.2 Å². The minimum absolute atomic E-state index is 0.0340. The van der Waals surface area contributed by atoms with Crippen LogP contribution in [0.1, 0.15) is 5.56 Å². The molecule has 0 N–H and O–H groups in total. The lowest BCUT2D eigenvalue weighted by Crippen LogP contribution is -2.33. The van der Waals surface area contributed by atoms with Crippen LogP contribution in [0.3, 0.4) is 0 Å². The molecule has 0 bridgehead atoms. The molecule has 0 spiro atoms. The lowest BCUT2D eigenvalue weighted by atomic mass is 10.1. The Labute approximate surface area is 186 Å². The van der Waals surface area contributed by atoms with Gasteiger partial charge in [0.15, 0.2) is 0 Å². The third kappa shape index (κ3) is 4.16. The molecule has 2 aromatic heterocycles. The predicted octanol–water partition coefficient (Wildman–Crippen LogP) is 3.41. The third-order valence-corrected chi connectivity index (χ3v) is 6.46. The first-order valence-corrected chi connectivity index (χ1v) is 11.0. The summed E-state index contributed by atoms with van der Waals surface area (Å²) in [6.07, 6.45) is 4.75. The molecule has 0 radical (unpaired) electrons. The number of hydrogen-bond donors (Lipinski definition) is 0. The molecule has 12 heteroatoms. The number of nitrogens with zero attached hydrogens (tertiary/aromatic N) is 4. The van der Waals surface area contributed by atoms with E-state index in [9.17, 15) is 31.2 Å². The molecule has 170 valence electrons. The molecule has 1 saturated heterocycles. The van der Waals surface area contributed by atoms with E-state index in [0.717, 1.165) is 17.0 Å². The molecule has 0 aliphatic carbocycles. The Morgan fingerprint density at radius 3 is 2.33 bits per heavy atom. The highest BCUT2D eigenvalue weighted by Crippen LogP contribution is 2.32. The molecule has 0 atom stereocenters. The fraction of sp³-hybridized carbons (Fsp3) is 0.143. The van der Waals surface area contributed by atoms with Crippen molar-refractivity contribution in [1.29, 1.82) is 0 Å². The van der Waals surface area contributed by atoms with Crippen LogP contribution >= 0.6 is 0 Å². The van der Waals surface area contributed by atoms with Crippen molar-refractivity contribution in [3.05, 3.63) is 72.7 Å². The largest absolute Gasteiger partial charge is 0.501 e. The Bertz CT molecular complexity index is 1310. The summed E-state index contributed by atoms with van der Waals surface area (Å²) < 4.78 is 61.3. The molecule has 33 heavy (non-hydrogen) atoms. The average Bonchev–Trinajstić information content (AvgIpc) is 3.07. The van der Waals surface area contributed by atoms with E-state index in [1.54, 1.807) is 42.9 Å². The van der Waals surface area contributed by atoms with Gasteiger partial charge in [0.25, 0.3) is 15.7 Å². The first-order chi connectivity index (χ1) is 15.6. The summed E-state index contributed by atoms with van der Waals surface area (Å²) in [5, 5.41) is 0. The van der Waals surface area contributed by atoms with E-state index in [1.807, 2.05) is 0 Å². The summed E-state index contributed by atoms with van der Waals surface area (Å²) >= 11 is 0. The summed E-state index contributed by atoms with van der Waals surface area (Å²) in [5.41, 5.74) is -3.48. The lowest BCUT2D eigenvalue weighted by Gasteiger charge is -2.19. The number of carbonyl (C=O) groups is 2. The van der Waals surface area contributed by atoms with Gasteiger partial charge in [0.05, 0.1) is 16.3 Å². The third-order valence-electron chi connectivity index (χ3n) is 4.96. The van der Waals surface area contributed by atoms with Gasteiger partial charge in [-0.1, -0.05) is 6.07 Å². The van der Waals surface area contributed by atoms with Crippen molar-refractivity contribution in [3.8, 4) is 11.3 Å². The van der Waals surface area contributed by atoms with Crippen LogP contribution in [0.15, 0.2) is 72.0 Å². The van der Waals surface area contributed by atoms with Crippen molar-refractivity contribution in [2.75, 3.05) is 11.4 Å². The van der Waals surface area contributed by atoms with Crippen molar-refractivity contribution >= 4 is 27.5 Å². The van der Waals surface area contributed by atoms with Gasteiger partial charge in [-0.05, 0) is 48.0 Å². The smallest absolute Gasteiger partial charge is 0.310 e. The zero-order valence-corrected chi connectivity index (χ0v) is 17.5. The second-order valence-electron chi connectivity index (χ2n) is 7.06. The van der Waals surface area contributed by atoms with Gasteiger partial charge < -0.3 is 4.90 Å². The quantitative estimate of drug-likeness (QED) is 0.524. The maximum absolute atomic E-state index is 12.9. The molecule has 3 amide bonds. The number of alkyl halides is 3. The first kappa shape index (κ1) is 22.4. The van der Waals surface area contributed by atoms with E-state index in [4.69, 9.17) is 0 Å². The van der Waals surface area contributed by atoms with Gasteiger partial charge in [0, 0.05) is 30.7 Å². The van der Waals surface area contributed by atoms with Gasteiger partial charge in [-0.3, -0.25) is 14.8 Å². The van der Waals surface area contributed by atoms with Crippen LogP contribution < -0.4 is 4.90 Å². The number of anilines is 1. The summed E-state index contributed by atoms with van der Waals surface area (Å²) in [5.74, 6) is -0.597. The van der Waals surface area contributed by atoms with E-state index < -0.39 is 32.2 Å². The summed E-state index contributed by atoms with van der Waals surface area (Å²) in [6.45, 7) is -0.193. The molecule has 1 aliphatic heterocycles. The number of rotatable bonds is 5. The molecule has 4 rings (SSSR count). The van der Waals surface area contributed by atoms with Gasteiger partial charge >= 0.3 is 11.5 Å². The highest BCUT2D eigenvalue weighted by atomic mass is 32.2. The van der Waals surface area contributed by atoms with Gasteiger partial charge in [-0.2, -0.15) is 13.2 Å². The molecule has 1 aliphatic rings. The monoisotopic (exact) mass is 476 g/mol. The first-order valence-electron chi connectivity index (χ1n) is 9.47. The Kier molecular flexibility index (Phi) is 5.62. The molecule has 1 aromatic carbocycles. The van der Waals surface area contributed by atoms with Crippen molar-refractivity contribution in [3.63, 3.8) is 0 Å². The zero-order valence-electron chi connectivity index (χ0n) is 16.7. The minimum Gasteiger partial charge on any atom is -0.310 e. The van der Waals surface area contributed by atoms with Crippen LogP contribution in [0.25, 0.3) is 11.3 Å².